The molecule has 0 bridgehead atoms. The molecule has 12 nitrogen and oxygen atoms in total. The largest absolute Gasteiger partial charge is 3.00 e. The summed E-state index contributed by atoms with van der Waals surface area (Å²) < 4.78 is 102. The Labute approximate surface area is 158 Å². The third-order valence-corrected chi connectivity index (χ3v) is 0. The molecule has 0 aromatic carbocycles. The Bertz CT molecular complexity index is 393. The Balaban J connectivity index is -0.0000000347. The third kappa shape index (κ3) is 2130. The zero-order chi connectivity index (χ0) is 17.1. The van der Waals surface area contributed by atoms with Crippen molar-refractivity contribution in [2.75, 3.05) is 0 Å². The fraction of sp³-hybridized carbons (Fsp3) is 0. The van der Waals surface area contributed by atoms with Gasteiger partial charge in [-0.25, -0.2) is 0 Å². The summed E-state index contributed by atoms with van der Waals surface area (Å²) in [6.45, 7) is 0. The maximum Gasteiger partial charge on any atom is 3.00 e. The van der Waals surface area contributed by atoms with Crippen LogP contribution < -0.4 is 0 Å². The molecule has 0 fully saturated rings. The molecular weight excluding hydrogens is 562 g/mol. The Hall–Kier alpha value is 2.04. The maximum atomic E-state index is 8.52. The van der Waals surface area contributed by atoms with Gasteiger partial charge in [0.15, 0.2) is 0 Å². The molecule has 0 unspecified atom stereocenters. The van der Waals surface area contributed by atoms with Crippen molar-refractivity contribution in [1.82, 2.24) is 0 Å². The molecule has 21 heteroatoms. The first-order valence-corrected chi connectivity index (χ1v) is 11.0. The van der Waals surface area contributed by atoms with Gasteiger partial charge < -0.3 is 27.3 Å². The smallest absolute Gasteiger partial charge is 3.00 e. The van der Waals surface area contributed by atoms with E-state index in [1.165, 1.54) is 0 Å². The minimum absolute atomic E-state index is 0. The van der Waals surface area contributed by atoms with Gasteiger partial charge in [0, 0.05) is 31.2 Å². The van der Waals surface area contributed by atoms with Crippen LogP contribution in [0.4, 0.5) is 0 Å². The summed E-state index contributed by atoms with van der Waals surface area (Å²) in [6.07, 6.45) is 0. The number of hydrogen-bond acceptors (Lipinski definition) is 12. The van der Waals surface area contributed by atoms with Crippen molar-refractivity contribution in [3.8, 4) is 0 Å². The first-order chi connectivity index (χ1) is 7.73. The number of rotatable bonds is 0. The first-order valence-electron chi connectivity index (χ1n) is 2.40. The molecule has 0 aromatic heterocycles. The molecule has 0 atom stereocenters. The van der Waals surface area contributed by atoms with Crippen molar-refractivity contribution in [2.24, 2.45) is 0 Å². The Morgan fingerprint density at radius 2 is 0.524 bits per heavy atom. The fourth-order valence-electron chi connectivity index (χ4n) is 0. The molecule has 21 heavy (non-hydrogen) atoms. The quantitative estimate of drug-likeness (QED) is 0.178. The number of halogens is 3. The second kappa shape index (κ2) is 18.4. The average Bonchev–Trinajstić information content (AvgIpc) is 1.66. The van der Waals surface area contributed by atoms with Crippen molar-refractivity contribution in [3.63, 3.8) is 0 Å². The van der Waals surface area contributed by atoms with E-state index in [0.29, 0.717) is 0 Å². The van der Waals surface area contributed by atoms with E-state index in [-0.39, 0.29) is 34.1 Å². The molecular formula is Cl3Fe3O12S3. The molecule has 0 aliphatic carbocycles. The Morgan fingerprint density at radius 3 is 0.524 bits per heavy atom. The van der Waals surface area contributed by atoms with Gasteiger partial charge in [-0.3, -0.25) is 25.3 Å². The van der Waals surface area contributed by atoms with Crippen LogP contribution in [0.2, 0.25) is 0 Å². The van der Waals surface area contributed by atoms with Crippen molar-refractivity contribution >= 4 is 61.5 Å². The molecule has 0 aliphatic heterocycles. The van der Waals surface area contributed by atoms with Gasteiger partial charge in [-0.15, -0.1) is 0 Å². The van der Waals surface area contributed by atoms with Gasteiger partial charge in [0.05, 0.1) is 0 Å². The van der Waals surface area contributed by atoms with Crippen LogP contribution in [-0.4, -0.2) is 52.6 Å². The molecule has 2 radical (unpaired) electrons. The Kier molecular flexibility index (Phi) is 33.7. The first kappa shape index (κ1) is 38.5. The minimum Gasteiger partial charge on any atom is 3.00 e. The fourth-order valence-corrected chi connectivity index (χ4v) is 0. The van der Waals surface area contributed by atoms with Crippen LogP contribution >= 0.6 is 30.3 Å². The van der Waals surface area contributed by atoms with Crippen LogP contribution in [-0.2, 0) is 76.5 Å². The molecule has 0 rings (SSSR count). The third-order valence-electron chi connectivity index (χ3n) is 0. The molecule has 0 aromatic rings. The van der Waals surface area contributed by atoms with Crippen LogP contribution in [0.5, 0.6) is 0 Å². The normalized spacial score (nSPS) is 10.4. The van der Waals surface area contributed by atoms with E-state index in [0.717, 1.165) is 0 Å². The molecule has 0 saturated carbocycles. The van der Waals surface area contributed by atoms with E-state index in [9.17, 15) is 0 Å². The van der Waals surface area contributed by atoms with Gasteiger partial charge in [0.25, 0.3) is 0 Å². The molecule has 0 spiro atoms. The zero-order valence-corrected chi connectivity index (χ0v) is 16.3. The van der Waals surface area contributed by atoms with E-state index < -0.39 is 42.4 Å². The summed E-state index contributed by atoms with van der Waals surface area (Å²) in [5.41, 5.74) is 0. The monoisotopic (exact) mass is 561 g/mol. The summed E-state index contributed by atoms with van der Waals surface area (Å²) in [5.74, 6) is 0. The average molecular weight is 562 g/mol. The van der Waals surface area contributed by atoms with Gasteiger partial charge in [-0.1, -0.05) is 0 Å². The van der Waals surface area contributed by atoms with E-state index in [4.69, 9.17) is 82.9 Å². The van der Waals surface area contributed by atoms with Gasteiger partial charge in [0.1, 0.15) is 0 Å². The zero-order valence-electron chi connectivity index (χ0n) is 8.32. The van der Waals surface area contributed by atoms with E-state index >= 15 is 0 Å². The predicted octanol–water partition coefficient (Wildman–Crippen LogP) is -1.95. The predicted molar refractivity (Wildman–Crippen MR) is 49.0 cm³/mol. The summed E-state index contributed by atoms with van der Waals surface area (Å²) >= 11 is -1.33. The van der Waals surface area contributed by atoms with Gasteiger partial charge in [-0.2, -0.15) is 0 Å². The Morgan fingerprint density at radius 1 is 0.524 bits per heavy atom. The van der Waals surface area contributed by atoms with Crippen LogP contribution in [0.3, 0.4) is 0 Å². The van der Waals surface area contributed by atoms with E-state index in [2.05, 4.69) is 0 Å². The van der Waals surface area contributed by atoms with Crippen molar-refractivity contribution in [3.05, 3.63) is 0 Å². The molecule has 0 heterocycles. The van der Waals surface area contributed by atoms with Crippen molar-refractivity contribution in [2.45, 2.75) is 0 Å². The molecule has 0 N–H and O–H groups in total. The summed E-state index contributed by atoms with van der Waals surface area (Å²) in [5, 5.41) is 0. The van der Waals surface area contributed by atoms with Gasteiger partial charge in [0.2, 0.25) is 0 Å². The summed E-state index contributed by atoms with van der Waals surface area (Å²) in [4.78, 5) is 0. The van der Waals surface area contributed by atoms with Crippen molar-refractivity contribution in [1.29, 1.82) is 0 Å². The van der Waals surface area contributed by atoms with E-state index in [1.807, 2.05) is 0 Å². The number of hydrogen-bond donors (Lipinski definition) is 0. The van der Waals surface area contributed by atoms with Crippen LogP contribution in [0.15, 0.2) is 0 Å². The van der Waals surface area contributed by atoms with Crippen molar-refractivity contribution < 1.29 is 97.9 Å². The van der Waals surface area contributed by atoms with Crippen LogP contribution in [0.25, 0.3) is 0 Å². The minimum atomic E-state index is -5.17. The second-order valence-corrected chi connectivity index (χ2v) is 9.30. The van der Waals surface area contributed by atoms with Crippen LogP contribution in [0, 0.1) is 0 Å². The molecule has 0 aliphatic rings. The molecule has 135 valence electrons. The van der Waals surface area contributed by atoms with Crippen LogP contribution in [0.1, 0.15) is 0 Å². The SMILES string of the molecule is O=S(=O)([O-])[O-].O=S(=O)([O-])[O-].O=S(=O)([O-])[O-].[Cl][Fe]([Cl])[Cl].[Fe+3].[Fe+3]. The van der Waals surface area contributed by atoms with Gasteiger partial charge >= 0.3 is 75.6 Å². The van der Waals surface area contributed by atoms with Gasteiger partial charge in [-0.05, 0) is 0 Å². The van der Waals surface area contributed by atoms with E-state index in [1.54, 1.807) is 0 Å². The summed E-state index contributed by atoms with van der Waals surface area (Å²) in [6, 6.07) is 0. The standard InChI is InChI=1S/3ClH.3Fe.3H2O4S/c;;;;;;3*1-5(2,3)4/h3*1H;;;;3*(H2,1,2,3,4)/q;;;3*+3;;;/p-9. The molecule has 0 saturated heterocycles. The summed E-state index contributed by atoms with van der Waals surface area (Å²) in [7, 11) is -0.833. The maximum absolute atomic E-state index is 8.52. The topological polar surface area (TPSA) is 241 Å². The second-order valence-electron chi connectivity index (χ2n) is 1.38. The molecule has 0 amide bonds.